The van der Waals surface area contributed by atoms with Crippen molar-refractivity contribution >= 4 is 23.3 Å². The monoisotopic (exact) mass is 437 g/mol. The summed E-state index contributed by atoms with van der Waals surface area (Å²) >= 11 is 0. The van der Waals surface area contributed by atoms with Crippen molar-refractivity contribution in [2.45, 2.75) is 58.7 Å². The summed E-state index contributed by atoms with van der Waals surface area (Å²) in [7, 11) is 1.62. The first-order valence-corrected chi connectivity index (χ1v) is 11.2. The summed E-state index contributed by atoms with van der Waals surface area (Å²) in [6, 6.07) is 9.49. The van der Waals surface area contributed by atoms with Crippen molar-refractivity contribution in [1.29, 1.82) is 0 Å². The van der Waals surface area contributed by atoms with E-state index in [2.05, 4.69) is 10.6 Å². The molecule has 0 unspecified atom stereocenters. The molecule has 170 valence electrons. The molecule has 0 saturated heterocycles. The van der Waals surface area contributed by atoms with Crippen molar-refractivity contribution in [3.63, 3.8) is 0 Å². The van der Waals surface area contributed by atoms with Crippen LogP contribution >= 0.6 is 0 Å². The van der Waals surface area contributed by atoms with Crippen LogP contribution in [0, 0.1) is 19.8 Å². The van der Waals surface area contributed by atoms with E-state index < -0.39 is 0 Å². The summed E-state index contributed by atoms with van der Waals surface area (Å²) in [5, 5.41) is 15.6. The van der Waals surface area contributed by atoms with Crippen LogP contribution in [0.15, 0.2) is 30.3 Å². The Kier molecular flexibility index (Phi) is 6.37. The molecule has 3 amide bonds. The van der Waals surface area contributed by atoms with Gasteiger partial charge in [-0.15, -0.1) is 0 Å². The third kappa shape index (κ3) is 4.30. The summed E-state index contributed by atoms with van der Waals surface area (Å²) in [6.45, 7) is 4.42. The maximum Gasteiger partial charge on any atom is 0.322 e. The van der Waals surface area contributed by atoms with E-state index in [4.69, 9.17) is 4.74 Å². The molecule has 0 aromatic heterocycles. The molecule has 2 aromatic rings. The number of nitrogens with zero attached hydrogens (tertiary/aromatic N) is 1. The Bertz CT molecular complexity index is 1030. The Labute approximate surface area is 188 Å². The highest BCUT2D eigenvalue weighted by molar-refractivity contribution is 5.94. The Morgan fingerprint density at radius 2 is 1.88 bits per heavy atom. The number of aryl methyl sites for hydroxylation is 2. The molecule has 0 radical (unpaired) electrons. The third-order valence-corrected chi connectivity index (χ3v) is 6.81. The molecule has 7 heteroatoms. The van der Waals surface area contributed by atoms with E-state index in [1.165, 1.54) is 0 Å². The van der Waals surface area contributed by atoms with Crippen LogP contribution in [0.2, 0.25) is 0 Å². The third-order valence-electron chi connectivity index (χ3n) is 6.81. The molecule has 0 bridgehead atoms. The van der Waals surface area contributed by atoms with Gasteiger partial charge in [0.1, 0.15) is 5.75 Å². The maximum absolute atomic E-state index is 12.8. The van der Waals surface area contributed by atoms with Gasteiger partial charge in [0.15, 0.2) is 0 Å². The number of hydrogen-bond donors (Lipinski definition) is 3. The zero-order chi connectivity index (χ0) is 22.8. The van der Waals surface area contributed by atoms with E-state index in [1.807, 2.05) is 49.1 Å². The number of aliphatic hydroxyl groups excluding tert-OH is 1. The van der Waals surface area contributed by atoms with Gasteiger partial charge in [-0.25, -0.2) is 4.79 Å². The van der Waals surface area contributed by atoms with E-state index in [0.29, 0.717) is 6.54 Å². The number of nitrogens with one attached hydrogen (secondary N) is 2. The number of aliphatic hydroxyl groups is 1. The number of fused-ring (bicyclic) bond motifs is 1. The lowest BCUT2D eigenvalue weighted by Crippen LogP contribution is -2.47. The average Bonchev–Trinajstić information content (AvgIpc) is 2.80. The van der Waals surface area contributed by atoms with Gasteiger partial charge in [0.2, 0.25) is 5.91 Å². The average molecular weight is 438 g/mol. The number of anilines is 2. The summed E-state index contributed by atoms with van der Waals surface area (Å²) in [6.07, 6.45) is 3.06. The van der Waals surface area contributed by atoms with Crippen LogP contribution in [0.25, 0.3) is 0 Å². The van der Waals surface area contributed by atoms with Gasteiger partial charge >= 0.3 is 6.03 Å². The lowest BCUT2D eigenvalue weighted by atomic mass is 9.84. The fourth-order valence-electron chi connectivity index (χ4n) is 4.80. The van der Waals surface area contributed by atoms with Crippen molar-refractivity contribution in [3.05, 3.63) is 52.6 Å². The van der Waals surface area contributed by atoms with Gasteiger partial charge in [-0.05, 0) is 62.3 Å². The normalized spacial score (nSPS) is 20.4. The number of carbonyl (C=O) groups is 2. The van der Waals surface area contributed by atoms with Gasteiger partial charge in [-0.3, -0.25) is 4.79 Å². The van der Waals surface area contributed by atoms with E-state index in [1.54, 1.807) is 7.11 Å². The van der Waals surface area contributed by atoms with Crippen LogP contribution in [0.3, 0.4) is 0 Å². The molecule has 1 fully saturated rings. The molecule has 1 heterocycles. The van der Waals surface area contributed by atoms with Crippen molar-refractivity contribution in [1.82, 2.24) is 4.90 Å². The van der Waals surface area contributed by atoms with Crippen molar-refractivity contribution < 1.29 is 19.4 Å². The highest BCUT2D eigenvalue weighted by Crippen LogP contribution is 2.35. The number of methoxy groups -OCH3 is 1. The fourth-order valence-corrected chi connectivity index (χ4v) is 4.80. The van der Waals surface area contributed by atoms with E-state index >= 15 is 0 Å². The second-order valence-electron chi connectivity index (χ2n) is 8.79. The second kappa shape index (κ2) is 9.20. The molecule has 32 heavy (non-hydrogen) atoms. The lowest BCUT2D eigenvalue weighted by molar-refractivity contribution is -0.121. The Morgan fingerprint density at radius 1 is 1.16 bits per heavy atom. The molecule has 2 aliphatic rings. The highest BCUT2D eigenvalue weighted by atomic mass is 16.5. The van der Waals surface area contributed by atoms with Crippen LogP contribution in [0.1, 0.15) is 47.9 Å². The Hall–Kier alpha value is -3.06. The zero-order valence-electron chi connectivity index (χ0n) is 18.9. The number of urea groups is 1. The summed E-state index contributed by atoms with van der Waals surface area (Å²) in [4.78, 5) is 27.5. The molecule has 0 atom stereocenters. The summed E-state index contributed by atoms with van der Waals surface area (Å²) in [5.41, 5.74) is 5.41. The topological polar surface area (TPSA) is 90.9 Å². The standard InChI is InChI=1S/C25H31N3O4/c1-15-4-6-18(14-29)23-21(15)13-28(25(31)27-23)20-10-7-17(8-11-20)24(30)26-19-9-5-16(2)22(12-19)32-3/h4-6,9,12,17,20,29H,7-8,10-11,13-14H2,1-3H3,(H,26,30)(H,27,31). The number of amides is 3. The van der Waals surface area contributed by atoms with E-state index in [0.717, 1.165) is 65.1 Å². The number of ether oxygens (including phenoxy) is 1. The minimum Gasteiger partial charge on any atom is -0.496 e. The minimum atomic E-state index is -0.127. The Balaban J connectivity index is 1.38. The van der Waals surface area contributed by atoms with Gasteiger partial charge in [-0.1, -0.05) is 18.2 Å². The molecule has 4 rings (SSSR count). The first-order chi connectivity index (χ1) is 15.4. The van der Waals surface area contributed by atoms with Crippen LogP contribution in [-0.4, -0.2) is 35.1 Å². The first kappa shape index (κ1) is 22.1. The maximum atomic E-state index is 12.8. The Morgan fingerprint density at radius 3 is 2.56 bits per heavy atom. The summed E-state index contributed by atoms with van der Waals surface area (Å²) < 4.78 is 5.34. The molecule has 1 aliphatic carbocycles. The number of carbonyl (C=O) groups excluding carboxylic acids is 2. The highest BCUT2D eigenvalue weighted by Gasteiger charge is 2.35. The molecular formula is C25H31N3O4. The van der Waals surface area contributed by atoms with Crippen molar-refractivity contribution in [2.75, 3.05) is 17.7 Å². The summed E-state index contributed by atoms with van der Waals surface area (Å²) in [5.74, 6) is 0.704. The predicted molar refractivity (Wildman–Crippen MR) is 124 cm³/mol. The van der Waals surface area contributed by atoms with E-state index in [9.17, 15) is 14.7 Å². The van der Waals surface area contributed by atoms with Crippen LogP contribution in [0.4, 0.5) is 16.2 Å². The molecule has 0 spiro atoms. The van der Waals surface area contributed by atoms with Gasteiger partial charge < -0.3 is 25.4 Å². The van der Waals surface area contributed by atoms with Gasteiger partial charge in [0.25, 0.3) is 0 Å². The molecular weight excluding hydrogens is 406 g/mol. The quantitative estimate of drug-likeness (QED) is 0.649. The van der Waals surface area contributed by atoms with Gasteiger partial charge in [0, 0.05) is 29.3 Å². The predicted octanol–water partition coefficient (Wildman–Crippen LogP) is 4.35. The minimum absolute atomic E-state index is 0.0197. The second-order valence-corrected chi connectivity index (χ2v) is 8.79. The number of rotatable bonds is 5. The van der Waals surface area contributed by atoms with Crippen LogP contribution in [0.5, 0.6) is 5.75 Å². The molecule has 2 aromatic carbocycles. The van der Waals surface area contributed by atoms with E-state index in [-0.39, 0.29) is 30.5 Å². The lowest BCUT2D eigenvalue weighted by Gasteiger charge is -2.40. The smallest absolute Gasteiger partial charge is 0.322 e. The largest absolute Gasteiger partial charge is 0.496 e. The van der Waals surface area contributed by atoms with Crippen molar-refractivity contribution in [2.24, 2.45) is 5.92 Å². The molecule has 1 aliphatic heterocycles. The number of hydrogen-bond acceptors (Lipinski definition) is 4. The van der Waals surface area contributed by atoms with Crippen LogP contribution in [-0.2, 0) is 17.9 Å². The van der Waals surface area contributed by atoms with Gasteiger partial charge in [0.05, 0.1) is 25.9 Å². The SMILES string of the molecule is COc1cc(NC(=O)C2CCC(N3Cc4c(C)ccc(CO)c4NC3=O)CC2)ccc1C. The molecule has 7 nitrogen and oxygen atoms in total. The number of benzene rings is 2. The van der Waals surface area contributed by atoms with Crippen molar-refractivity contribution in [3.8, 4) is 5.75 Å². The zero-order valence-corrected chi connectivity index (χ0v) is 18.9. The van der Waals surface area contributed by atoms with Gasteiger partial charge in [-0.2, -0.15) is 0 Å². The first-order valence-electron chi connectivity index (χ1n) is 11.2. The molecule has 3 N–H and O–H groups in total. The molecule has 1 saturated carbocycles. The fraction of sp³-hybridized carbons (Fsp3) is 0.440. The van der Waals surface area contributed by atoms with Crippen LogP contribution < -0.4 is 15.4 Å².